The minimum atomic E-state index is -0.313. The quantitative estimate of drug-likeness (QED) is 0.208. The molecule has 0 fully saturated rings. The highest BCUT2D eigenvalue weighted by atomic mass is 32.1. The van der Waals surface area contributed by atoms with Gasteiger partial charge in [-0.2, -0.15) is 0 Å². The monoisotopic (exact) mass is 623 g/mol. The molecule has 4 heteroatoms. The Morgan fingerprint density at radius 1 is 0.667 bits per heavy atom. The summed E-state index contributed by atoms with van der Waals surface area (Å²) >= 11 is 1.43. The number of benzene rings is 3. The van der Waals surface area contributed by atoms with Gasteiger partial charge in [-0.3, -0.25) is 0 Å². The van der Waals surface area contributed by atoms with Crippen molar-refractivity contribution in [3.8, 4) is 32.8 Å². The number of carbonyl (C=O) groups is 1. The van der Waals surface area contributed by atoms with E-state index in [2.05, 4.69) is 138 Å². The summed E-state index contributed by atoms with van der Waals surface area (Å²) in [5.74, 6) is -0.313. The molecule has 45 heavy (non-hydrogen) atoms. The number of hydrogen-bond donors (Lipinski definition) is 0. The van der Waals surface area contributed by atoms with Crippen LogP contribution >= 0.6 is 11.3 Å². The molecule has 0 radical (unpaired) electrons. The molecular weight excluding hydrogens is 571 g/mol. The Morgan fingerprint density at radius 3 is 1.38 bits per heavy atom. The normalized spacial score (nSPS) is 12.8. The number of hydrogen-bond acceptors (Lipinski definition) is 4. The van der Waals surface area contributed by atoms with Gasteiger partial charge >= 0.3 is 5.97 Å². The Bertz CT molecular complexity index is 1550. The van der Waals surface area contributed by atoms with E-state index < -0.39 is 0 Å². The molecule has 4 rings (SSSR count). The zero-order valence-corrected chi connectivity index (χ0v) is 30.9. The molecule has 3 nitrogen and oxygen atoms in total. The predicted octanol–water partition coefficient (Wildman–Crippen LogP) is 11.8. The fourth-order valence-electron chi connectivity index (χ4n) is 5.45. The first-order chi connectivity index (χ1) is 20.6. The third-order valence-electron chi connectivity index (χ3n) is 8.49. The van der Waals surface area contributed by atoms with E-state index in [1.807, 2.05) is 13.8 Å². The van der Waals surface area contributed by atoms with Gasteiger partial charge in [0.25, 0.3) is 0 Å². The lowest BCUT2D eigenvalue weighted by Crippen LogP contribution is -2.16. The van der Waals surface area contributed by atoms with Crippen molar-refractivity contribution in [2.24, 2.45) is 0 Å². The zero-order chi connectivity index (χ0) is 33.7. The van der Waals surface area contributed by atoms with Gasteiger partial charge in [0.05, 0.1) is 12.3 Å². The second kappa shape index (κ2) is 12.2. The van der Waals surface area contributed by atoms with Gasteiger partial charge in [0.15, 0.2) is 0 Å². The van der Waals surface area contributed by atoms with Crippen molar-refractivity contribution in [1.82, 2.24) is 4.98 Å². The van der Waals surface area contributed by atoms with Gasteiger partial charge in [-0.1, -0.05) is 138 Å². The first kappa shape index (κ1) is 34.6. The summed E-state index contributed by atoms with van der Waals surface area (Å²) < 4.78 is 5.43. The van der Waals surface area contributed by atoms with Crippen LogP contribution in [-0.2, 0) is 26.4 Å². The standard InChI is InChI=1S/C41H53NO2S/c1-15-44-37(43)35-25(2)42-36(45-35)34-32(26-19-28(38(3,4)5)23-29(20-26)39(6,7)8)17-16-18-33(34)27-21-30(40(9,10)11)24-31(22-27)41(12,13)14/h16-24H,15H2,1-14H3. The van der Waals surface area contributed by atoms with Gasteiger partial charge < -0.3 is 4.74 Å². The molecule has 0 atom stereocenters. The molecule has 3 aromatic carbocycles. The lowest BCUT2D eigenvalue weighted by molar-refractivity contribution is 0.0531. The van der Waals surface area contributed by atoms with E-state index >= 15 is 0 Å². The maximum Gasteiger partial charge on any atom is 0.350 e. The summed E-state index contributed by atoms with van der Waals surface area (Å²) in [6.07, 6.45) is 0. The Balaban J connectivity index is 2.15. The first-order valence-electron chi connectivity index (χ1n) is 16.2. The molecule has 1 aromatic heterocycles. The van der Waals surface area contributed by atoms with E-state index in [1.54, 1.807) is 0 Å². The fourth-order valence-corrected chi connectivity index (χ4v) is 6.48. The first-order valence-corrected chi connectivity index (χ1v) is 17.0. The largest absolute Gasteiger partial charge is 0.462 e. The number of rotatable bonds is 5. The Morgan fingerprint density at radius 2 is 1.04 bits per heavy atom. The average Bonchev–Trinajstić information content (AvgIpc) is 3.31. The third-order valence-corrected chi connectivity index (χ3v) is 9.64. The van der Waals surface area contributed by atoms with Crippen molar-refractivity contribution in [2.75, 3.05) is 6.61 Å². The highest BCUT2D eigenvalue weighted by Gasteiger charge is 2.27. The fraction of sp³-hybridized carbons (Fsp3) is 0.463. The van der Waals surface area contributed by atoms with Crippen LogP contribution in [0.5, 0.6) is 0 Å². The summed E-state index contributed by atoms with van der Waals surface area (Å²) in [7, 11) is 0. The van der Waals surface area contributed by atoms with E-state index in [0.29, 0.717) is 17.2 Å². The number of carbonyl (C=O) groups excluding carboxylic acids is 1. The summed E-state index contributed by atoms with van der Waals surface area (Å²) in [6.45, 7) is 31.4. The summed E-state index contributed by atoms with van der Waals surface area (Å²) in [5, 5.41) is 0.832. The number of aromatic nitrogens is 1. The topological polar surface area (TPSA) is 39.2 Å². The van der Waals surface area contributed by atoms with Crippen molar-refractivity contribution in [3.63, 3.8) is 0 Å². The van der Waals surface area contributed by atoms with Crippen LogP contribution < -0.4 is 0 Å². The van der Waals surface area contributed by atoms with Crippen LogP contribution in [0.4, 0.5) is 0 Å². The molecule has 0 spiro atoms. The van der Waals surface area contributed by atoms with Crippen LogP contribution in [0, 0.1) is 6.92 Å². The predicted molar refractivity (Wildman–Crippen MR) is 194 cm³/mol. The molecule has 0 saturated carbocycles. The van der Waals surface area contributed by atoms with Crippen LogP contribution in [0.1, 0.15) is 128 Å². The Kier molecular flexibility index (Phi) is 9.37. The van der Waals surface area contributed by atoms with E-state index in [4.69, 9.17) is 9.72 Å². The Hall–Kier alpha value is -3.24. The van der Waals surface area contributed by atoms with Crippen LogP contribution in [0.2, 0.25) is 0 Å². The third kappa shape index (κ3) is 7.60. The molecule has 0 N–H and O–H groups in total. The summed E-state index contributed by atoms with van der Waals surface area (Å²) in [5.41, 5.74) is 11.4. The Labute approximate surface area is 276 Å². The molecule has 0 bridgehead atoms. The van der Waals surface area contributed by atoms with Gasteiger partial charge in [0, 0.05) is 5.56 Å². The van der Waals surface area contributed by atoms with Crippen LogP contribution in [0.25, 0.3) is 32.8 Å². The minimum absolute atomic E-state index is 0.0225. The van der Waals surface area contributed by atoms with Crippen molar-refractivity contribution in [2.45, 2.75) is 119 Å². The number of esters is 1. The van der Waals surface area contributed by atoms with Crippen molar-refractivity contribution in [1.29, 1.82) is 0 Å². The van der Waals surface area contributed by atoms with Crippen molar-refractivity contribution in [3.05, 3.63) is 87.4 Å². The SMILES string of the molecule is CCOC(=O)c1sc(-c2c(-c3cc(C(C)(C)C)cc(C(C)(C)C)c3)cccc2-c2cc(C(C)(C)C)cc(C(C)(C)C)c2)nc1C. The van der Waals surface area contributed by atoms with Crippen molar-refractivity contribution >= 4 is 17.3 Å². The van der Waals surface area contributed by atoms with Crippen LogP contribution in [0.15, 0.2) is 54.6 Å². The second-order valence-electron chi connectivity index (χ2n) is 16.5. The minimum Gasteiger partial charge on any atom is -0.462 e. The van der Waals surface area contributed by atoms with E-state index in [-0.39, 0.29) is 27.6 Å². The molecule has 0 saturated heterocycles. The van der Waals surface area contributed by atoms with Gasteiger partial charge in [0.2, 0.25) is 0 Å². The van der Waals surface area contributed by atoms with E-state index in [9.17, 15) is 4.79 Å². The molecule has 240 valence electrons. The lowest BCUT2D eigenvalue weighted by Gasteiger charge is -2.28. The number of nitrogens with zero attached hydrogens (tertiary/aromatic N) is 1. The summed E-state index contributed by atoms with van der Waals surface area (Å²) in [6, 6.07) is 20.7. The molecule has 0 unspecified atom stereocenters. The van der Waals surface area contributed by atoms with Crippen LogP contribution in [0.3, 0.4) is 0 Å². The second-order valence-corrected chi connectivity index (χ2v) is 17.5. The number of aryl methyl sites for hydroxylation is 1. The molecule has 4 aromatic rings. The molecule has 0 aliphatic carbocycles. The molecule has 0 amide bonds. The van der Waals surface area contributed by atoms with Gasteiger partial charge in [0.1, 0.15) is 9.88 Å². The summed E-state index contributed by atoms with van der Waals surface area (Å²) in [4.78, 5) is 18.6. The molecule has 0 aliphatic rings. The maximum absolute atomic E-state index is 13.0. The number of ether oxygens (including phenoxy) is 1. The van der Waals surface area contributed by atoms with E-state index in [1.165, 1.54) is 33.6 Å². The lowest BCUT2D eigenvalue weighted by atomic mass is 9.77. The molecular formula is C41H53NO2S. The number of thiazole rings is 1. The van der Waals surface area contributed by atoms with Crippen LogP contribution in [-0.4, -0.2) is 17.6 Å². The zero-order valence-electron chi connectivity index (χ0n) is 30.1. The van der Waals surface area contributed by atoms with E-state index in [0.717, 1.165) is 32.8 Å². The van der Waals surface area contributed by atoms with Gasteiger partial charge in [-0.15, -0.1) is 11.3 Å². The highest BCUT2D eigenvalue weighted by molar-refractivity contribution is 7.17. The maximum atomic E-state index is 13.0. The van der Waals surface area contributed by atoms with Gasteiger partial charge in [-0.25, -0.2) is 9.78 Å². The molecule has 0 aliphatic heterocycles. The highest BCUT2D eigenvalue weighted by Crippen LogP contribution is 2.45. The van der Waals surface area contributed by atoms with Crippen molar-refractivity contribution < 1.29 is 9.53 Å². The average molecular weight is 624 g/mol. The smallest absolute Gasteiger partial charge is 0.350 e. The molecule has 1 heterocycles. The van der Waals surface area contributed by atoms with Gasteiger partial charge in [-0.05, 0) is 80.0 Å².